The highest BCUT2D eigenvalue weighted by atomic mass is 16.5. The van der Waals surface area contributed by atoms with Gasteiger partial charge in [0.1, 0.15) is 12.3 Å². The maximum atomic E-state index is 12.5. The molecule has 1 amide bonds. The Bertz CT molecular complexity index is 555. The van der Waals surface area contributed by atoms with Gasteiger partial charge < -0.3 is 14.7 Å². The van der Waals surface area contributed by atoms with Crippen LogP contribution in [0.4, 0.5) is 0 Å². The van der Waals surface area contributed by atoms with Crippen molar-refractivity contribution in [3.8, 4) is 5.75 Å². The minimum Gasteiger partial charge on any atom is -0.497 e. The van der Waals surface area contributed by atoms with Gasteiger partial charge in [-0.1, -0.05) is 26.0 Å². The summed E-state index contributed by atoms with van der Waals surface area (Å²) in [6, 6.07) is 7.72. The molecule has 1 aromatic carbocycles. The van der Waals surface area contributed by atoms with Crippen molar-refractivity contribution < 1.29 is 19.4 Å². The Kier molecular flexibility index (Phi) is 5.06. The smallest absolute Gasteiger partial charge is 0.323 e. The summed E-state index contributed by atoms with van der Waals surface area (Å²) in [5, 5.41) is 8.99. The van der Waals surface area contributed by atoms with Crippen LogP contribution in [0.15, 0.2) is 24.3 Å². The number of carboxylic acids is 1. The van der Waals surface area contributed by atoms with Gasteiger partial charge in [-0.15, -0.1) is 0 Å². The number of ether oxygens (including phenoxy) is 1. The van der Waals surface area contributed by atoms with Crippen LogP contribution in [0.3, 0.4) is 0 Å². The molecule has 120 valence electrons. The molecule has 5 heteroatoms. The number of amides is 1. The molecule has 1 aromatic rings. The Hall–Kier alpha value is -2.04. The number of carbonyl (C=O) groups is 2. The van der Waals surface area contributed by atoms with Gasteiger partial charge in [-0.25, -0.2) is 0 Å². The predicted molar refractivity (Wildman–Crippen MR) is 82.9 cm³/mol. The van der Waals surface area contributed by atoms with E-state index >= 15 is 0 Å². The SMILES string of the molecule is COc1cccc(C2CC2C(=O)N(CC(=O)O)CC(C)C)c1. The van der Waals surface area contributed by atoms with Crippen molar-refractivity contribution in [1.82, 2.24) is 4.90 Å². The molecule has 22 heavy (non-hydrogen) atoms. The lowest BCUT2D eigenvalue weighted by Crippen LogP contribution is -2.39. The summed E-state index contributed by atoms with van der Waals surface area (Å²) < 4.78 is 5.21. The third-order valence-electron chi connectivity index (χ3n) is 3.85. The van der Waals surface area contributed by atoms with E-state index in [-0.39, 0.29) is 30.2 Å². The molecule has 0 bridgehead atoms. The Labute approximate surface area is 130 Å². The number of methoxy groups -OCH3 is 1. The lowest BCUT2D eigenvalue weighted by molar-refractivity contribution is -0.145. The second kappa shape index (κ2) is 6.81. The molecule has 1 fully saturated rings. The second-order valence-corrected chi connectivity index (χ2v) is 6.23. The van der Waals surface area contributed by atoms with Crippen LogP contribution >= 0.6 is 0 Å². The van der Waals surface area contributed by atoms with Gasteiger partial charge in [-0.3, -0.25) is 9.59 Å². The van der Waals surface area contributed by atoms with Crippen molar-refractivity contribution in [3.05, 3.63) is 29.8 Å². The van der Waals surface area contributed by atoms with Crippen LogP contribution in [-0.2, 0) is 9.59 Å². The Morgan fingerprint density at radius 1 is 1.41 bits per heavy atom. The van der Waals surface area contributed by atoms with E-state index < -0.39 is 5.97 Å². The molecule has 0 aliphatic heterocycles. The number of aliphatic carboxylic acids is 1. The van der Waals surface area contributed by atoms with Crippen molar-refractivity contribution >= 4 is 11.9 Å². The molecule has 1 saturated carbocycles. The molecule has 0 spiro atoms. The first-order valence-electron chi connectivity index (χ1n) is 7.57. The molecule has 2 rings (SSSR count). The Balaban J connectivity index is 2.05. The first kappa shape index (κ1) is 16.3. The van der Waals surface area contributed by atoms with Crippen LogP contribution in [0.2, 0.25) is 0 Å². The van der Waals surface area contributed by atoms with Gasteiger partial charge in [-0.2, -0.15) is 0 Å². The van der Waals surface area contributed by atoms with E-state index in [2.05, 4.69) is 0 Å². The zero-order valence-electron chi connectivity index (χ0n) is 13.3. The maximum Gasteiger partial charge on any atom is 0.323 e. The third-order valence-corrected chi connectivity index (χ3v) is 3.85. The molecule has 2 atom stereocenters. The first-order valence-corrected chi connectivity index (χ1v) is 7.57. The van der Waals surface area contributed by atoms with E-state index in [0.717, 1.165) is 17.7 Å². The normalized spacial score (nSPS) is 19.8. The fourth-order valence-corrected chi connectivity index (χ4v) is 2.78. The van der Waals surface area contributed by atoms with Gasteiger partial charge in [0.15, 0.2) is 0 Å². The van der Waals surface area contributed by atoms with E-state index in [1.54, 1.807) is 7.11 Å². The van der Waals surface area contributed by atoms with Gasteiger partial charge in [0.25, 0.3) is 0 Å². The fourth-order valence-electron chi connectivity index (χ4n) is 2.78. The lowest BCUT2D eigenvalue weighted by atomic mass is 10.1. The van der Waals surface area contributed by atoms with E-state index in [4.69, 9.17) is 9.84 Å². The summed E-state index contributed by atoms with van der Waals surface area (Å²) in [7, 11) is 1.62. The molecule has 1 aliphatic carbocycles. The van der Waals surface area contributed by atoms with E-state index in [9.17, 15) is 9.59 Å². The highest BCUT2D eigenvalue weighted by Crippen LogP contribution is 2.49. The maximum absolute atomic E-state index is 12.5. The van der Waals surface area contributed by atoms with Gasteiger partial charge in [-0.05, 0) is 36.0 Å². The topological polar surface area (TPSA) is 66.8 Å². The van der Waals surface area contributed by atoms with Crippen LogP contribution < -0.4 is 4.74 Å². The average Bonchev–Trinajstić information content (AvgIpc) is 3.25. The van der Waals surface area contributed by atoms with E-state index in [1.807, 2.05) is 38.1 Å². The number of nitrogens with zero attached hydrogens (tertiary/aromatic N) is 1. The highest BCUT2D eigenvalue weighted by Gasteiger charge is 2.46. The molecular formula is C17H23NO4. The number of rotatable bonds is 7. The first-order chi connectivity index (χ1) is 10.4. The van der Waals surface area contributed by atoms with Gasteiger partial charge in [0, 0.05) is 12.5 Å². The van der Waals surface area contributed by atoms with Crippen molar-refractivity contribution in [2.24, 2.45) is 11.8 Å². The van der Waals surface area contributed by atoms with Crippen LogP contribution in [0, 0.1) is 11.8 Å². The molecule has 2 unspecified atom stereocenters. The quantitative estimate of drug-likeness (QED) is 0.840. The molecular weight excluding hydrogens is 282 g/mol. The molecule has 0 radical (unpaired) electrons. The summed E-state index contributed by atoms with van der Waals surface area (Å²) in [5.41, 5.74) is 1.08. The molecule has 0 saturated heterocycles. The number of carbonyl (C=O) groups excluding carboxylic acids is 1. The van der Waals surface area contributed by atoms with Crippen molar-refractivity contribution in [2.45, 2.75) is 26.2 Å². The summed E-state index contributed by atoms with van der Waals surface area (Å²) in [6.07, 6.45) is 0.778. The van der Waals surface area contributed by atoms with Crippen molar-refractivity contribution in [2.75, 3.05) is 20.2 Å². The third kappa shape index (κ3) is 4.00. The summed E-state index contributed by atoms with van der Waals surface area (Å²) in [5.74, 6) is 0.0743. The zero-order chi connectivity index (χ0) is 16.3. The fraction of sp³-hybridized carbons (Fsp3) is 0.529. The largest absolute Gasteiger partial charge is 0.497 e. The van der Waals surface area contributed by atoms with Crippen molar-refractivity contribution in [3.63, 3.8) is 0 Å². The van der Waals surface area contributed by atoms with Gasteiger partial charge in [0.2, 0.25) is 5.91 Å². The lowest BCUT2D eigenvalue weighted by Gasteiger charge is -2.23. The molecule has 1 N–H and O–H groups in total. The van der Waals surface area contributed by atoms with Gasteiger partial charge >= 0.3 is 5.97 Å². The zero-order valence-corrected chi connectivity index (χ0v) is 13.3. The monoisotopic (exact) mass is 305 g/mol. The second-order valence-electron chi connectivity index (χ2n) is 6.23. The van der Waals surface area contributed by atoms with Crippen LogP contribution in [0.25, 0.3) is 0 Å². The van der Waals surface area contributed by atoms with Crippen LogP contribution in [-0.4, -0.2) is 42.1 Å². The van der Waals surface area contributed by atoms with E-state index in [1.165, 1.54) is 4.90 Å². The number of hydrogen-bond acceptors (Lipinski definition) is 3. The van der Waals surface area contributed by atoms with Crippen LogP contribution in [0.1, 0.15) is 31.7 Å². The summed E-state index contributed by atoms with van der Waals surface area (Å²) in [4.78, 5) is 25.0. The average molecular weight is 305 g/mol. The summed E-state index contributed by atoms with van der Waals surface area (Å²) in [6.45, 7) is 4.22. The number of hydrogen-bond donors (Lipinski definition) is 1. The van der Waals surface area contributed by atoms with Gasteiger partial charge in [0.05, 0.1) is 7.11 Å². The Morgan fingerprint density at radius 2 is 2.14 bits per heavy atom. The predicted octanol–water partition coefficient (Wildman–Crippen LogP) is 2.37. The molecule has 1 aliphatic rings. The Morgan fingerprint density at radius 3 is 2.73 bits per heavy atom. The highest BCUT2D eigenvalue weighted by molar-refractivity contribution is 5.86. The minimum absolute atomic E-state index is 0.0519. The number of carboxylic acid groups (broad SMARTS) is 1. The minimum atomic E-state index is -0.965. The van der Waals surface area contributed by atoms with Crippen LogP contribution in [0.5, 0.6) is 5.75 Å². The molecule has 0 aromatic heterocycles. The molecule has 0 heterocycles. The molecule has 5 nitrogen and oxygen atoms in total. The van der Waals surface area contributed by atoms with E-state index in [0.29, 0.717) is 6.54 Å². The number of benzene rings is 1. The van der Waals surface area contributed by atoms with Crippen molar-refractivity contribution in [1.29, 1.82) is 0 Å². The summed E-state index contributed by atoms with van der Waals surface area (Å²) >= 11 is 0. The standard InChI is InChI=1S/C17H23NO4/c1-11(2)9-18(10-16(19)20)17(21)15-8-14(15)12-5-4-6-13(7-12)22-3/h4-7,11,14-15H,8-10H2,1-3H3,(H,19,20).